The number of amides is 1. The normalized spacial score (nSPS) is 15.1. The Labute approximate surface area is 174 Å². The van der Waals surface area contributed by atoms with Crippen molar-refractivity contribution in [2.45, 2.75) is 26.7 Å². The van der Waals surface area contributed by atoms with Crippen LogP contribution in [0.3, 0.4) is 0 Å². The SMILES string of the molecule is Cc1c(C(=O)NCC2(C)COC2)sc2ncnc(NCCCc3ccccc3)c12. The van der Waals surface area contributed by atoms with Crippen molar-refractivity contribution in [2.24, 2.45) is 5.41 Å². The summed E-state index contributed by atoms with van der Waals surface area (Å²) in [7, 11) is 0. The number of nitrogens with zero attached hydrogens (tertiary/aromatic N) is 2. The van der Waals surface area contributed by atoms with Gasteiger partial charge in [-0.1, -0.05) is 37.3 Å². The second kappa shape index (κ2) is 8.47. The van der Waals surface area contributed by atoms with Gasteiger partial charge >= 0.3 is 0 Å². The lowest BCUT2D eigenvalue weighted by Gasteiger charge is -2.37. The number of carbonyl (C=O) groups excluding carboxylic acids is 1. The standard InChI is InChI=1S/C22H26N4O2S/c1-15-17-19(23-10-6-9-16-7-4-3-5-8-16)25-14-26-21(17)29-18(15)20(27)24-11-22(2)12-28-13-22/h3-5,7-8,14H,6,9-13H2,1-2H3,(H,24,27)(H,23,25,26). The zero-order valence-corrected chi connectivity index (χ0v) is 17.6. The number of nitrogens with one attached hydrogen (secondary N) is 2. The number of fused-ring (bicyclic) bond motifs is 1. The predicted octanol–water partition coefficient (Wildman–Crippen LogP) is 3.81. The molecule has 7 heteroatoms. The third-order valence-electron chi connectivity index (χ3n) is 5.29. The molecule has 1 aliphatic rings. The van der Waals surface area contributed by atoms with Crippen LogP contribution in [0.15, 0.2) is 36.7 Å². The van der Waals surface area contributed by atoms with Crippen molar-refractivity contribution < 1.29 is 9.53 Å². The van der Waals surface area contributed by atoms with Gasteiger partial charge < -0.3 is 15.4 Å². The first-order valence-corrected chi connectivity index (χ1v) is 10.8. The number of thiophene rings is 1. The van der Waals surface area contributed by atoms with Crippen LogP contribution in [0.25, 0.3) is 10.2 Å². The number of benzene rings is 1. The van der Waals surface area contributed by atoms with Gasteiger partial charge in [-0.15, -0.1) is 11.3 Å². The van der Waals surface area contributed by atoms with Crippen LogP contribution in [-0.2, 0) is 11.2 Å². The molecule has 152 valence electrons. The Morgan fingerprint density at radius 1 is 1.24 bits per heavy atom. The van der Waals surface area contributed by atoms with Gasteiger partial charge in [-0.2, -0.15) is 0 Å². The number of aryl methyl sites for hydroxylation is 2. The van der Waals surface area contributed by atoms with E-state index < -0.39 is 0 Å². The van der Waals surface area contributed by atoms with Crippen molar-refractivity contribution in [2.75, 3.05) is 31.6 Å². The molecule has 0 radical (unpaired) electrons. The molecule has 0 aliphatic carbocycles. The fourth-order valence-electron chi connectivity index (χ4n) is 3.49. The van der Waals surface area contributed by atoms with Gasteiger partial charge in [-0.25, -0.2) is 9.97 Å². The topological polar surface area (TPSA) is 76.1 Å². The summed E-state index contributed by atoms with van der Waals surface area (Å²) >= 11 is 1.42. The average Bonchev–Trinajstić information content (AvgIpc) is 3.06. The highest BCUT2D eigenvalue weighted by atomic mass is 32.1. The van der Waals surface area contributed by atoms with Gasteiger partial charge in [0.15, 0.2) is 0 Å². The van der Waals surface area contributed by atoms with Gasteiger partial charge in [-0.05, 0) is 30.9 Å². The minimum atomic E-state index is -0.0475. The van der Waals surface area contributed by atoms with Crippen molar-refractivity contribution in [1.29, 1.82) is 0 Å². The molecule has 6 nitrogen and oxygen atoms in total. The van der Waals surface area contributed by atoms with Crippen LogP contribution >= 0.6 is 11.3 Å². The molecule has 0 unspecified atom stereocenters. The van der Waals surface area contributed by atoms with E-state index in [0.717, 1.165) is 41.0 Å². The lowest BCUT2D eigenvalue weighted by molar-refractivity contribution is -0.0978. The van der Waals surface area contributed by atoms with Crippen molar-refractivity contribution in [3.63, 3.8) is 0 Å². The van der Waals surface area contributed by atoms with E-state index in [1.807, 2.05) is 13.0 Å². The number of hydrogen-bond acceptors (Lipinski definition) is 6. The Balaban J connectivity index is 1.42. The number of anilines is 1. The monoisotopic (exact) mass is 410 g/mol. The Hall–Kier alpha value is -2.51. The highest BCUT2D eigenvalue weighted by Crippen LogP contribution is 2.33. The van der Waals surface area contributed by atoms with Crippen LogP contribution in [0, 0.1) is 12.3 Å². The number of carbonyl (C=O) groups is 1. The quantitative estimate of drug-likeness (QED) is 0.552. The van der Waals surface area contributed by atoms with E-state index in [4.69, 9.17) is 4.74 Å². The summed E-state index contributed by atoms with van der Waals surface area (Å²) in [5.41, 5.74) is 2.31. The van der Waals surface area contributed by atoms with E-state index in [-0.39, 0.29) is 11.3 Å². The zero-order chi connectivity index (χ0) is 20.3. The Kier molecular flexibility index (Phi) is 5.78. The maximum absolute atomic E-state index is 12.7. The number of ether oxygens (including phenoxy) is 1. The highest BCUT2D eigenvalue weighted by molar-refractivity contribution is 7.20. The van der Waals surface area contributed by atoms with Crippen molar-refractivity contribution >= 4 is 33.3 Å². The lowest BCUT2D eigenvalue weighted by atomic mass is 9.89. The van der Waals surface area contributed by atoms with E-state index >= 15 is 0 Å². The molecule has 3 heterocycles. The van der Waals surface area contributed by atoms with Crippen molar-refractivity contribution in [3.05, 3.63) is 52.7 Å². The molecule has 3 aromatic rings. The molecule has 29 heavy (non-hydrogen) atoms. The molecule has 0 bridgehead atoms. The molecule has 0 saturated carbocycles. The third-order valence-corrected chi connectivity index (χ3v) is 6.49. The average molecular weight is 411 g/mol. The molecule has 1 amide bonds. The van der Waals surface area contributed by atoms with E-state index in [9.17, 15) is 4.79 Å². The summed E-state index contributed by atoms with van der Waals surface area (Å²) in [6.07, 6.45) is 3.58. The van der Waals surface area contributed by atoms with E-state index in [1.165, 1.54) is 16.9 Å². The molecule has 0 atom stereocenters. The van der Waals surface area contributed by atoms with Gasteiger partial charge in [0.1, 0.15) is 17.0 Å². The third kappa shape index (κ3) is 4.41. The fourth-order valence-corrected chi connectivity index (χ4v) is 4.56. The van der Waals surface area contributed by atoms with Gasteiger partial charge in [0, 0.05) is 18.5 Å². The van der Waals surface area contributed by atoms with Crippen molar-refractivity contribution in [3.8, 4) is 0 Å². The molecule has 2 aromatic heterocycles. The molecule has 2 N–H and O–H groups in total. The van der Waals surface area contributed by atoms with Gasteiger partial charge in [0.05, 0.1) is 23.5 Å². The lowest BCUT2D eigenvalue weighted by Crippen LogP contribution is -2.48. The summed E-state index contributed by atoms with van der Waals surface area (Å²) in [6.45, 7) is 6.92. The summed E-state index contributed by atoms with van der Waals surface area (Å²) in [4.78, 5) is 23.1. The predicted molar refractivity (Wildman–Crippen MR) is 117 cm³/mol. The second-order valence-corrected chi connectivity index (χ2v) is 8.96. The first-order valence-electron chi connectivity index (χ1n) is 9.94. The summed E-state index contributed by atoms with van der Waals surface area (Å²) in [5, 5.41) is 7.43. The number of rotatable bonds is 8. The van der Waals surface area contributed by atoms with Crippen LogP contribution in [-0.4, -0.2) is 42.2 Å². The number of hydrogen-bond donors (Lipinski definition) is 2. The zero-order valence-electron chi connectivity index (χ0n) is 16.8. The van der Waals surface area contributed by atoms with E-state index in [2.05, 4.69) is 51.8 Å². The first kappa shape index (κ1) is 19.8. The van der Waals surface area contributed by atoms with E-state index in [1.54, 1.807) is 6.33 Å². The van der Waals surface area contributed by atoms with Crippen LogP contribution < -0.4 is 10.6 Å². The van der Waals surface area contributed by atoms with Crippen LogP contribution in [0.5, 0.6) is 0 Å². The smallest absolute Gasteiger partial charge is 0.261 e. The second-order valence-electron chi connectivity index (χ2n) is 7.96. The molecule has 0 spiro atoms. The van der Waals surface area contributed by atoms with Crippen LogP contribution in [0.2, 0.25) is 0 Å². The molecular formula is C22H26N4O2S. The molecule has 1 fully saturated rings. The largest absolute Gasteiger partial charge is 0.380 e. The summed E-state index contributed by atoms with van der Waals surface area (Å²) < 4.78 is 5.26. The fraction of sp³-hybridized carbons (Fsp3) is 0.409. The highest BCUT2D eigenvalue weighted by Gasteiger charge is 2.34. The first-order chi connectivity index (χ1) is 14.1. The molecule has 1 aliphatic heterocycles. The summed E-state index contributed by atoms with van der Waals surface area (Å²) in [6, 6.07) is 10.5. The molecule has 1 aromatic carbocycles. The minimum Gasteiger partial charge on any atom is -0.380 e. The molecule has 1 saturated heterocycles. The Bertz CT molecular complexity index is 999. The summed E-state index contributed by atoms with van der Waals surface area (Å²) in [5.74, 6) is 0.754. The minimum absolute atomic E-state index is 0.0471. The Morgan fingerprint density at radius 3 is 2.76 bits per heavy atom. The maximum Gasteiger partial charge on any atom is 0.261 e. The van der Waals surface area contributed by atoms with E-state index in [0.29, 0.717) is 24.6 Å². The molecular weight excluding hydrogens is 384 g/mol. The van der Waals surface area contributed by atoms with Gasteiger partial charge in [0.2, 0.25) is 0 Å². The van der Waals surface area contributed by atoms with Gasteiger partial charge in [-0.3, -0.25) is 4.79 Å². The van der Waals surface area contributed by atoms with Crippen LogP contribution in [0.4, 0.5) is 5.82 Å². The maximum atomic E-state index is 12.7. The van der Waals surface area contributed by atoms with Crippen molar-refractivity contribution in [1.82, 2.24) is 15.3 Å². The Morgan fingerprint density at radius 2 is 2.03 bits per heavy atom. The molecule has 4 rings (SSSR count). The van der Waals surface area contributed by atoms with Crippen LogP contribution in [0.1, 0.15) is 34.1 Å². The van der Waals surface area contributed by atoms with Gasteiger partial charge in [0.25, 0.3) is 5.91 Å². The number of aromatic nitrogens is 2.